The number of imidazole rings is 1. The summed E-state index contributed by atoms with van der Waals surface area (Å²) in [5.74, 6) is 1.91. The van der Waals surface area contributed by atoms with Gasteiger partial charge in [0.25, 0.3) is 12.0 Å². The van der Waals surface area contributed by atoms with Gasteiger partial charge in [0, 0.05) is 37.3 Å². The van der Waals surface area contributed by atoms with Crippen molar-refractivity contribution in [3.8, 4) is 0 Å². The molecule has 11 heteroatoms. The number of rotatable bonds is 5. The Morgan fingerprint density at radius 1 is 1.19 bits per heavy atom. The van der Waals surface area contributed by atoms with Crippen molar-refractivity contribution in [1.29, 1.82) is 0 Å². The van der Waals surface area contributed by atoms with Gasteiger partial charge >= 0.3 is 0 Å². The zero-order valence-corrected chi connectivity index (χ0v) is 17.1. The normalized spacial score (nSPS) is 22.1. The zero-order valence-electron chi connectivity index (χ0n) is 17.1. The Bertz CT molecular complexity index is 1370. The molecule has 1 aliphatic carbocycles. The fourth-order valence-electron chi connectivity index (χ4n) is 4.78. The van der Waals surface area contributed by atoms with Crippen molar-refractivity contribution in [3.63, 3.8) is 0 Å². The number of piperidine rings is 1. The summed E-state index contributed by atoms with van der Waals surface area (Å²) >= 11 is 0. The number of halogens is 2. The molecule has 1 aromatic carbocycles. The summed E-state index contributed by atoms with van der Waals surface area (Å²) in [5.41, 5.74) is 1.45. The van der Waals surface area contributed by atoms with Crippen LogP contribution in [0.15, 0.2) is 46.2 Å². The van der Waals surface area contributed by atoms with Gasteiger partial charge in [0.1, 0.15) is 12.9 Å². The highest BCUT2D eigenvalue weighted by molar-refractivity contribution is 5.68. The van der Waals surface area contributed by atoms with Gasteiger partial charge in [-0.3, -0.25) is 9.36 Å². The largest absolute Gasteiger partial charge is 0.371 e. The highest BCUT2D eigenvalue weighted by Gasteiger charge is 2.58. The standard InChI is InChI=1S/C21H19F2N7O2/c1-28-9-24-20-17(28)21(31)30(10-25-20)8-15-26-19(27-32-15)16-13-6-29(7-14(13)16)12-4-2-3-11(5-12)18(22)23/h2-5,9-10,13-14,16,18H,6-8H2,1H3/t13-,14?,16?/m0/s1. The zero-order chi connectivity index (χ0) is 22.0. The van der Waals surface area contributed by atoms with Gasteiger partial charge in [0.05, 0.1) is 6.33 Å². The van der Waals surface area contributed by atoms with Gasteiger partial charge in [-0.25, -0.2) is 18.7 Å². The summed E-state index contributed by atoms with van der Waals surface area (Å²) < 4.78 is 34.4. The quantitative estimate of drug-likeness (QED) is 0.471. The van der Waals surface area contributed by atoms with E-state index in [4.69, 9.17) is 4.52 Å². The number of hydrogen-bond acceptors (Lipinski definition) is 7. The fraction of sp³-hybridized carbons (Fsp3) is 0.381. The van der Waals surface area contributed by atoms with Crippen LogP contribution < -0.4 is 10.5 Å². The summed E-state index contributed by atoms with van der Waals surface area (Å²) in [6, 6.07) is 6.54. The summed E-state index contributed by atoms with van der Waals surface area (Å²) in [4.78, 5) is 27.6. The van der Waals surface area contributed by atoms with Gasteiger partial charge in [0.2, 0.25) is 5.89 Å². The van der Waals surface area contributed by atoms with Gasteiger partial charge < -0.3 is 14.0 Å². The molecule has 164 valence electrons. The second kappa shape index (κ2) is 6.94. The molecule has 0 amide bonds. The van der Waals surface area contributed by atoms with Gasteiger partial charge in [0.15, 0.2) is 17.0 Å². The van der Waals surface area contributed by atoms with Crippen LogP contribution in [0.1, 0.15) is 29.6 Å². The maximum Gasteiger partial charge on any atom is 0.280 e. The van der Waals surface area contributed by atoms with Crippen LogP contribution in [0.3, 0.4) is 0 Å². The monoisotopic (exact) mass is 439 g/mol. The molecule has 0 spiro atoms. The van der Waals surface area contributed by atoms with Crippen molar-refractivity contribution in [1.82, 2.24) is 29.2 Å². The highest BCUT2D eigenvalue weighted by Crippen LogP contribution is 2.58. The van der Waals surface area contributed by atoms with Crippen LogP contribution in [-0.2, 0) is 13.6 Å². The van der Waals surface area contributed by atoms with Crippen LogP contribution in [0.25, 0.3) is 11.2 Å². The molecule has 2 unspecified atom stereocenters. The molecule has 3 atom stereocenters. The lowest BCUT2D eigenvalue weighted by Crippen LogP contribution is -2.24. The highest BCUT2D eigenvalue weighted by atomic mass is 19.3. The average Bonchev–Trinajstić information content (AvgIpc) is 3.21. The average molecular weight is 439 g/mol. The summed E-state index contributed by atoms with van der Waals surface area (Å²) in [6.07, 6.45) is 0.505. The van der Waals surface area contributed by atoms with E-state index in [1.165, 1.54) is 17.0 Å². The van der Waals surface area contributed by atoms with E-state index in [-0.39, 0.29) is 23.6 Å². The third kappa shape index (κ3) is 2.99. The van der Waals surface area contributed by atoms with Crippen LogP contribution in [0.5, 0.6) is 0 Å². The van der Waals surface area contributed by atoms with Crippen molar-refractivity contribution in [2.24, 2.45) is 18.9 Å². The summed E-state index contributed by atoms with van der Waals surface area (Å²) in [6.45, 7) is 1.67. The molecule has 32 heavy (non-hydrogen) atoms. The molecule has 1 saturated carbocycles. The fourth-order valence-corrected chi connectivity index (χ4v) is 4.78. The lowest BCUT2D eigenvalue weighted by Gasteiger charge is -2.22. The van der Waals surface area contributed by atoms with Crippen LogP contribution in [0.2, 0.25) is 0 Å². The van der Waals surface area contributed by atoms with Crippen molar-refractivity contribution in [3.05, 3.63) is 64.6 Å². The molecule has 3 aromatic heterocycles. The molecule has 1 aliphatic heterocycles. The SMILES string of the molecule is Cn1cnc2ncn(Cc3nc(C4C5CN(c6cccc(C(F)F)c6)C[C@@H]54)no3)c(=O)c21. The Balaban J connectivity index is 1.15. The minimum Gasteiger partial charge on any atom is -0.371 e. The van der Waals surface area contributed by atoms with Gasteiger partial charge in [-0.1, -0.05) is 17.3 Å². The van der Waals surface area contributed by atoms with E-state index in [1.54, 1.807) is 30.1 Å². The molecule has 2 fully saturated rings. The number of benzene rings is 1. The molecule has 0 N–H and O–H groups in total. The van der Waals surface area contributed by atoms with E-state index in [9.17, 15) is 13.6 Å². The molecule has 9 nitrogen and oxygen atoms in total. The Morgan fingerprint density at radius 3 is 2.75 bits per heavy atom. The Hall–Kier alpha value is -3.63. The number of alkyl halides is 2. The second-order valence-corrected chi connectivity index (χ2v) is 8.41. The minimum absolute atomic E-state index is 0.0384. The van der Waals surface area contributed by atoms with E-state index in [2.05, 4.69) is 25.0 Å². The number of hydrogen-bond donors (Lipinski definition) is 0. The Labute approximate surface area is 180 Å². The molecular formula is C21H19F2N7O2. The molecule has 6 rings (SSSR count). The van der Waals surface area contributed by atoms with Crippen LogP contribution in [0, 0.1) is 11.8 Å². The predicted octanol–water partition coefficient (Wildman–Crippen LogP) is 2.35. The lowest BCUT2D eigenvalue weighted by molar-refractivity contribution is 0.151. The smallest absolute Gasteiger partial charge is 0.280 e. The minimum atomic E-state index is -2.47. The molecule has 2 aliphatic rings. The predicted molar refractivity (Wildman–Crippen MR) is 110 cm³/mol. The first-order valence-corrected chi connectivity index (χ1v) is 10.3. The lowest BCUT2D eigenvalue weighted by atomic mass is 10.1. The first-order chi connectivity index (χ1) is 15.5. The Morgan fingerprint density at radius 2 is 1.97 bits per heavy atom. The molecule has 4 aromatic rings. The van der Waals surface area contributed by atoms with Crippen LogP contribution in [-0.4, -0.2) is 42.3 Å². The van der Waals surface area contributed by atoms with E-state index < -0.39 is 6.43 Å². The van der Waals surface area contributed by atoms with Gasteiger partial charge in [-0.15, -0.1) is 0 Å². The summed E-state index contributed by atoms with van der Waals surface area (Å²) in [7, 11) is 1.74. The second-order valence-electron chi connectivity index (χ2n) is 8.41. The topological polar surface area (TPSA) is 94.9 Å². The van der Waals surface area contributed by atoms with Crippen LogP contribution >= 0.6 is 0 Å². The molecule has 0 bridgehead atoms. The van der Waals surface area contributed by atoms with Gasteiger partial charge in [-0.05, 0) is 24.0 Å². The van der Waals surface area contributed by atoms with Crippen LogP contribution in [0.4, 0.5) is 14.5 Å². The van der Waals surface area contributed by atoms with E-state index in [1.807, 2.05) is 6.07 Å². The van der Waals surface area contributed by atoms with E-state index >= 15 is 0 Å². The first kappa shape index (κ1) is 19.1. The van der Waals surface area contributed by atoms with E-state index in [0.29, 0.717) is 34.7 Å². The third-order valence-corrected chi connectivity index (χ3v) is 6.47. The number of anilines is 1. The molecule has 0 radical (unpaired) electrons. The number of nitrogens with zero attached hydrogens (tertiary/aromatic N) is 7. The van der Waals surface area contributed by atoms with Crippen molar-refractivity contribution >= 4 is 16.9 Å². The van der Waals surface area contributed by atoms with Crippen molar-refractivity contribution < 1.29 is 13.3 Å². The maximum absolute atomic E-state index is 13.0. The Kier molecular flexibility index (Phi) is 4.14. The number of fused-ring (bicyclic) bond motifs is 2. The third-order valence-electron chi connectivity index (χ3n) is 6.47. The molecular weight excluding hydrogens is 420 g/mol. The number of aromatic nitrogens is 6. The van der Waals surface area contributed by atoms with E-state index in [0.717, 1.165) is 18.8 Å². The van der Waals surface area contributed by atoms with Gasteiger partial charge in [-0.2, -0.15) is 4.98 Å². The summed E-state index contributed by atoms with van der Waals surface area (Å²) in [5, 5.41) is 4.13. The van der Waals surface area contributed by atoms with Crippen molar-refractivity contribution in [2.75, 3.05) is 18.0 Å². The number of aryl methyl sites for hydroxylation is 1. The maximum atomic E-state index is 13.0. The molecule has 4 heterocycles. The first-order valence-electron chi connectivity index (χ1n) is 10.3. The van der Waals surface area contributed by atoms with Crippen molar-refractivity contribution in [2.45, 2.75) is 18.9 Å². The molecule has 1 saturated heterocycles.